The minimum atomic E-state index is -0.0713. The van der Waals surface area contributed by atoms with E-state index in [1.165, 1.54) is 0 Å². The summed E-state index contributed by atoms with van der Waals surface area (Å²) in [5, 5.41) is 6.30. The highest BCUT2D eigenvalue weighted by atomic mass is 16.5. The molecule has 0 aromatic rings. The molecule has 0 bridgehead atoms. The Morgan fingerprint density at radius 2 is 2.38 bits per heavy atom. The van der Waals surface area contributed by atoms with Crippen LogP contribution in [0.15, 0.2) is 0 Å². The van der Waals surface area contributed by atoms with E-state index in [0.717, 1.165) is 38.8 Å². The van der Waals surface area contributed by atoms with Crippen LogP contribution in [-0.4, -0.2) is 37.2 Å². The van der Waals surface area contributed by atoms with E-state index in [1.54, 1.807) is 0 Å². The molecule has 92 valence electrons. The molecule has 1 saturated heterocycles. The third kappa shape index (κ3) is 3.76. The van der Waals surface area contributed by atoms with Crippen molar-refractivity contribution in [3.05, 3.63) is 0 Å². The molecule has 1 unspecified atom stereocenters. The Hall–Kier alpha value is -0.610. The van der Waals surface area contributed by atoms with Crippen molar-refractivity contribution in [1.82, 2.24) is 10.6 Å². The van der Waals surface area contributed by atoms with Crippen LogP contribution >= 0.6 is 0 Å². The highest BCUT2D eigenvalue weighted by molar-refractivity contribution is 5.76. The Kier molecular flexibility index (Phi) is 3.82. The van der Waals surface area contributed by atoms with Gasteiger partial charge in [0.15, 0.2) is 0 Å². The van der Waals surface area contributed by atoms with Gasteiger partial charge in [-0.1, -0.05) is 0 Å². The Bertz CT molecular complexity index is 245. The molecule has 1 atom stereocenters. The predicted molar refractivity (Wildman–Crippen MR) is 62.2 cm³/mol. The first-order valence-electron chi connectivity index (χ1n) is 6.32. The van der Waals surface area contributed by atoms with Crippen molar-refractivity contribution in [2.45, 2.75) is 50.7 Å². The van der Waals surface area contributed by atoms with Gasteiger partial charge in [-0.25, -0.2) is 0 Å². The lowest BCUT2D eigenvalue weighted by Gasteiger charge is -2.34. The molecular weight excluding hydrogens is 204 g/mol. The maximum absolute atomic E-state index is 11.4. The molecule has 1 aliphatic carbocycles. The van der Waals surface area contributed by atoms with Gasteiger partial charge in [-0.15, -0.1) is 0 Å². The zero-order valence-electron chi connectivity index (χ0n) is 10.1. The first-order chi connectivity index (χ1) is 7.68. The number of carbonyl (C=O) groups excluding carboxylic acids is 1. The van der Waals surface area contributed by atoms with Crippen molar-refractivity contribution in [2.75, 3.05) is 19.7 Å². The molecule has 1 heterocycles. The Balaban J connectivity index is 1.60. The van der Waals surface area contributed by atoms with Crippen LogP contribution in [0, 0.1) is 0 Å². The van der Waals surface area contributed by atoms with Gasteiger partial charge >= 0.3 is 0 Å². The van der Waals surface area contributed by atoms with Crippen LogP contribution in [0.1, 0.15) is 39.0 Å². The maximum atomic E-state index is 11.4. The molecule has 16 heavy (non-hydrogen) atoms. The van der Waals surface area contributed by atoms with Gasteiger partial charge in [0.2, 0.25) is 5.91 Å². The number of rotatable bonds is 5. The minimum absolute atomic E-state index is 0.0713. The molecule has 1 saturated carbocycles. The van der Waals surface area contributed by atoms with Crippen molar-refractivity contribution in [2.24, 2.45) is 0 Å². The summed E-state index contributed by atoms with van der Waals surface area (Å²) in [5.41, 5.74) is -0.0713. The van der Waals surface area contributed by atoms with Crippen LogP contribution < -0.4 is 10.6 Å². The number of ether oxygens (including phenoxy) is 1. The fraction of sp³-hybridized carbons (Fsp3) is 0.917. The molecule has 2 aliphatic rings. The van der Waals surface area contributed by atoms with Gasteiger partial charge in [0.1, 0.15) is 0 Å². The number of carbonyl (C=O) groups is 1. The highest BCUT2D eigenvalue weighted by Gasteiger charge is 2.28. The molecule has 1 amide bonds. The number of piperidine rings is 1. The largest absolute Gasteiger partial charge is 0.373 e. The summed E-state index contributed by atoms with van der Waals surface area (Å²) in [7, 11) is 0. The number of hydrogen-bond acceptors (Lipinski definition) is 3. The van der Waals surface area contributed by atoms with Gasteiger partial charge in [0.05, 0.1) is 12.2 Å². The molecule has 0 radical (unpaired) electrons. The Morgan fingerprint density at radius 3 is 3.00 bits per heavy atom. The third-order valence-corrected chi connectivity index (χ3v) is 3.28. The average molecular weight is 226 g/mol. The van der Waals surface area contributed by atoms with Crippen LogP contribution in [0.4, 0.5) is 0 Å². The fourth-order valence-electron chi connectivity index (χ4n) is 2.07. The van der Waals surface area contributed by atoms with Gasteiger partial charge in [-0.3, -0.25) is 4.79 Å². The lowest BCUT2D eigenvalue weighted by atomic mass is 9.96. The molecule has 2 fully saturated rings. The second-order valence-electron chi connectivity index (χ2n) is 5.17. The van der Waals surface area contributed by atoms with Gasteiger partial charge in [0, 0.05) is 19.0 Å². The highest BCUT2D eigenvalue weighted by Crippen LogP contribution is 2.21. The SMILES string of the molecule is CC1(OCCC(=O)NC2CC2)CCCNC1. The summed E-state index contributed by atoms with van der Waals surface area (Å²) in [6, 6.07) is 0.458. The standard InChI is InChI=1S/C12H22N2O2/c1-12(6-2-7-13-9-12)16-8-5-11(15)14-10-3-4-10/h10,13H,2-9H2,1H3,(H,14,15). The smallest absolute Gasteiger partial charge is 0.222 e. The lowest BCUT2D eigenvalue weighted by molar-refractivity contribution is -0.124. The second-order valence-corrected chi connectivity index (χ2v) is 5.17. The Morgan fingerprint density at radius 1 is 1.56 bits per heavy atom. The van der Waals surface area contributed by atoms with E-state index in [-0.39, 0.29) is 11.5 Å². The Labute approximate surface area is 97.1 Å². The van der Waals surface area contributed by atoms with Crippen molar-refractivity contribution < 1.29 is 9.53 Å². The average Bonchev–Trinajstić information content (AvgIpc) is 3.02. The van der Waals surface area contributed by atoms with E-state index in [1.807, 2.05) is 0 Å². The second kappa shape index (κ2) is 5.15. The molecule has 1 aliphatic heterocycles. The first kappa shape index (κ1) is 11.9. The number of hydrogen-bond donors (Lipinski definition) is 2. The monoisotopic (exact) mass is 226 g/mol. The summed E-state index contributed by atoms with van der Waals surface area (Å²) in [6.07, 6.45) is 5.03. The minimum Gasteiger partial charge on any atom is -0.373 e. The molecule has 4 nitrogen and oxygen atoms in total. The summed E-state index contributed by atoms with van der Waals surface area (Å²) in [6.45, 7) is 4.65. The predicted octanol–water partition coefficient (Wildman–Crippen LogP) is 0.814. The summed E-state index contributed by atoms with van der Waals surface area (Å²) < 4.78 is 5.82. The van der Waals surface area contributed by atoms with E-state index in [9.17, 15) is 4.79 Å². The topological polar surface area (TPSA) is 50.4 Å². The zero-order chi connectivity index (χ0) is 11.4. The molecule has 4 heteroatoms. The number of nitrogens with one attached hydrogen (secondary N) is 2. The fourth-order valence-corrected chi connectivity index (χ4v) is 2.07. The quantitative estimate of drug-likeness (QED) is 0.729. The number of amides is 1. The van der Waals surface area contributed by atoms with Crippen molar-refractivity contribution >= 4 is 5.91 Å². The van der Waals surface area contributed by atoms with E-state index in [4.69, 9.17) is 4.74 Å². The summed E-state index contributed by atoms with van der Waals surface area (Å²) in [4.78, 5) is 11.4. The molecule has 2 rings (SSSR count). The van der Waals surface area contributed by atoms with Crippen LogP contribution in [0.3, 0.4) is 0 Å². The normalized spacial score (nSPS) is 30.1. The van der Waals surface area contributed by atoms with Gasteiger partial charge in [0.25, 0.3) is 0 Å². The molecule has 0 spiro atoms. The van der Waals surface area contributed by atoms with Crippen LogP contribution in [-0.2, 0) is 9.53 Å². The van der Waals surface area contributed by atoms with Crippen molar-refractivity contribution in [3.63, 3.8) is 0 Å². The van der Waals surface area contributed by atoms with E-state index in [0.29, 0.717) is 19.1 Å². The van der Waals surface area contributed by atoms with Crippen LogP contribution in [0.25, 0.3) is 0 Å². The van der Waals surface area contributed by atoms with Gasteiger partial charge in [-0.05, 0) is 39.2 Å². The van der Waals surface area contributed by atoms with Crippen molar-refractivity contribution in [1.29, 1.82) is 0 Å². The van der Waals surface area contributed by atoms with Crippen molar-refractivity contribution in [3.8, 4) is 0 Å². The maximum Gasteiger partial charge on any atom is 0.222 e. The molecular formula is C12H22N2O2. The summed E-state index contributed by atoms with van der Waals surface area (Å²) in [5.74, 6) is 0.134. The van der Waals surface area contributed by atoms with Crippen LogP contribution in [0.5, 0.6) is 0 Å². The van der Waals surface area contributed by atoms with Crippen LogP contribution in [0.2, 0.25) is 0 Å². The lowest BCUT2D eigenvalue weighted by Crippen LogP contribution is -2.45. The van der Waals surface area contributed by atoms with Gasteiger partial charge in [-0.2, -0.15) is 0 Å². The zero-order valence-corrected chi connectivity index (χ0v) is 10.1. The first-order valence-corrected chi connectivity index (χ1v) is 6.32. The van der Waals surface area contributed by atoms with Gasteiger partial charge < -0.3 is 15.4 Å². The van der Waals surface area contributed by atoms with E-state index >= 15 is 0 Å². The van der Waals surface area contributed by atoms with E-state index in [2.05, 4.69) is 17.6 Å². The third-order valence-electron chi connectivity index (χ3n) is 3.28. The van der Waals surface area contributed by atoms with E-state index < -0.39 is 0 Å². The molecule has 0 aromatic heterocycles. The molecule has 2 N–H and O–H groups in total. The summed E-state index contributed by atoms with van der Waals surface area (Å²) >= 11 is 0. The molecule has 0 aromatic carbocycles.